The van der Waals surface area contributed by atoms with Gasteiger partial charge < -0.3 is 10.2 Å². The molecule has 0 radical (unpaired) electrons. The zero-order valence-corrected chi connectivity index (χ0v) is 16.9. The molecule has 3 aromatic carbocycles. The Morgan fingerprint density at radius 1 is 1.00 bits per heavy atom. The van der Waals surface area contributed by atoms with E-state index >= 15 is 0 Å². The van der Waals surface area contributed by atoms with Gasteiger partial charge in [0.25, 0.3) is 11.6 Å². The Morgan fingerprint density at radius 3 is 2.19 bits per heavy atom. The van der Waals surface area contributed by atoms with Gasteiger partial charge in [0.05, 0.1) is 10.6 Å². The SMILES string of the molecule is CCO.O=C1c2ccccc2C(O)(Cc2ccccc2)N1Nc1ccc([N+](=O)[O-])cc1. The van der Waals surface area contributed by atoms with Gasteiger partial charge in [-0.2, -0.15) is 0 Å². The summed E-state index contributed by atoms with van der Waals surface area (Å²) in [5.41, 5.74) is 3.52. The Balaban J connectivity index is 0.000000858. The van der Waals surface area contributed by atoms with E-state index in [0.29, 0.717) is 16.8 Å². The molecular formula is C23H23N3O5. The minimum absolute atomic E-state index is 0.0545. The number of aliphatic hydroxyl groups excluding tert-OH is 1. The first kappa shape index (κ1) is 21.9. The first-order chi connectivity index (χ1) is 14.9. The molecule has 0 fully saturated rings. The second-order valence-electron chi connectivity index (χ2n) is 6.90. The quantitative estimate of drug-likeness (QED) is 0.429. The van der Waals surface area contributed by atoms with Crippen LogP contribution in [0.5, 0.6) is 0 Å². The number of nitro benzene ring substituents is 1. The van der Waals surface area contributed by atoms with Gasteiger partial charge in [0, 0.05) is 36.3 Å². The summed E-state index contributed by atoms with van der Waals surface area (Å²) < 4.78 is 0. The third kappa shape index (κ3) is 4.55. The third-order valence-electron chi connectivity index (χ3n) is 4.77. The number of amides is 1. The highest BCUT2D eigenvalue weighted by molar-refractivity contribution is 6.00. The summed E-state index contributed by atoms with van der Waals surface area (Å²) in [7, 11) is 0. The molecule has 1 heterocycles. The number of anilines is 1. The van der Waals surface area contributed by atoms with Gasteiger partial charge in [-0.05, 0) is 30.7 Å². The maximum Gasteiger partial charge on any atom is 0.275 e. The normalized spacial score (nSPS) is 16.9. The maximum atomic E-state index is 13.0. The fraction of sp³-hybridized carbons (Fsp3) is 0.174. The molecule has 0 aliphatic carbocycles. The van der Waals surface area contributed by atoms with Crippen LogP contribution in [0, 0.1) is 10.1 Å². The number of rotatable bonds is 5. The second-order valence-corrected chi connectivity index (χ2v) is 6.90. The highest BCUT2D eigenvalue weighted by atomic mass is 16.6. The van der Waals surface area contributed by atoms with E-state index in [2.05, 4.69) is 5.43 Å². The van der Waals surface area contributed by atoms with Crippen molar-refractivity contribution in [3.05, 3.63) is 106 Å². The molecule has 1 aliphatic rings. The molecule has 1 atom stereocenters. The summed E-state index contributed by atoms with van der Waals surface area (Å²) in [6, 6.07) is 22.0. The van der Waals surface area contributed by atoms with E-state index in [1.54, 1.807) is 31.2 Å². The number of nitrogens with one attached hydrogen (secondary N) is 1. The number of nitro groups is 1. The van der Waals surface area contributed by atoms with Crippen LogP contribution in [0.4, 0.5) is 11.4 Å². The number of hydrogen-bond donors (Lipinski definition) is 3. The van der Waals surface area contributed by atoms with Crippen molar-refractivity contribution >= 4 is 17.3 Å². The summed E-state index contributed by atoms with van der Waals surface area (Å²) in [6.07, 6.45) is 0.191. The Bertz CT molecular complexity index is 1060. The smallest absolute Gasteiger partial charge is 0.275 e. The first-order valence-electron chi connectivity index (χ1n) is 9.73. The van der Waals surface area contributed by atoms with E-state index < -0.39 is 10.6 Å². The van der Waals surface area contributed by atoms with E-state index in [-0.39, 0.29) is 24.6 Å². The van der Waals surface area contributed by atoms with Crippen LogP contribution in [-0.4, -0.2) is 32.7 Å². The lowest BCUT2D eigenvalue weighted by Crippen LogP contribution is -2.48. The van der Waals surface area contributed by atoms with Gasteiger partial charge in [-0.1, -0.05) is 48.5 Å². The molecule has 0 saturated carbocycles. The molecule has 1 aliphatic heterocycles. The van der Waals surface area contributed by atoms with Gasteiger partial charge in [-0.25, -0.2) is 5.01 Å². The lowest BCUT2D eigenvalue weighted by molar-refractivity contribution is -0.384. The van der Waals surface area contributed by atoms with Crippen LogP contribution in [0.25, 0.3) is 0 Å². The summed E-state index contributed by atoms with van der Waals surface area (Å²) in [5, 5.41) is 31.2. The number of fused-ring (bicyclic) bond motifs is 1. The first-order valence-corrected chi connectivity index (χ1v) is 9.73. The van der Waals surface area contributed by atoms with Crippen LogP contribution in [0.15, 0.2) is 78.9 Å². The largest absolute Gasteiger partial charge is 0.397 e. The van der Waals surface area contributed by atoms with Gasteiger partial charge in [0.1, 0.15) is 0 Å². The number of nitrogens with zero attached hydrogens (tertiary/aromatic N) is 2. The van der Waals surface area contributed by atoms with E-state index in [4.69, 9.17) is 5.11 Å². The molecule has 1 unspecified atom stereocenters. The number of carbonyl (C=O) groups excluding carboxylic acids is 1. The van der Waals surface area contributed by atoms with Crippen molar-refractivity contribution in [2.24, 2.45) is 0 Å². The lowest BCUT2D eigenvalue weighted by atomic mass is 9.95. The molecule has 8 nitrogen and oxygen atoms in total. The summed E-state index contributed by atoms with van der Waals surface area (Å²) in [4.78, 5) is 23.3. The predicted octanol–water partition coefficient (Wildman–Crippen LogP) is 3.46. The number of benzene rings is 3. The van der Waals surface area contributed by atoms with E-state index in [1.165, 1.54) is 29.3 Å². The summed E-state index contributed by atoms with van der Waals surface area (Å²) in [6.45, 7) is 1.93. The van der Waals surface area contributed by atoms with Crippen molar-refractivity contribution in [1.29, 1.82) is 0 Å². The lowest BCUT2D eigenvalue weighted by Gasteiger charge is -2.35. The molecule has 3 N–H and O–H groups in total. The van der Waals surface area contributed by atoms with Crippen LogP contribution in [0.3, 0.4) is 0 Å². The molecule has 31 heavy (non-hydrogen) atoms. The number of aliphatic hydroxyl groups is 2. The average molecular weight is 421 g/mol. The number of carbonyl (C=O) groups is 1. The van der Waals surface area contributed by atoms with Crippen molar-refractivity contribution < 1.29 is 19.9 Å². The van der Waals surface area contributed by atoms with Gasteiger partial charge >= 0.3 is 0 Å². The molecular weight excluding hydrogens is 398 g/mol. The summed E-state index contributed by atoms with van der Waals surface area (Å²) in [5.74, 6) is -0.368. The van der Waals surface area contributed by atoms with Crippen molar-refractivity contribution in [2.45, 2.75) is 19.1 Å². The number of hydrazine groups is 1. The highest BCUT2D eigenvalue weighted by Gasteiger charge is 2.49. The van der Waals surface area contributed by atoms with Crippen molar-refractivity contribution in [3.63, 3.8) is 0 Å². The van der Waals surface area contributed by atoms with Crippen molar-refractivity contribution in [2.75, 3.05) is 12.0 Å². The van der Waals surface area contributed by atoms with Gasteiger partial charge in [-0.15, -0.1) is 0 Å². The number of non-ortho nitro benzene ring substituents is 1. The highest BCUT2D eigenvalue weighted by Crippen LogP contribution is 2.39. The standard InChI is InChI=1S/C21H17N3O4.C2H6O/c25-20-18-8-4-5-9-19(18)21(26,14-15-6-2-1-3-7-15)23(20)22-16-10-12-17(13-11-16)24(27)28;1-2-3/h1-13,22,26H,14H2;3H,2H2,1H3. The maximum absolute atomic E-state index is 13.0. The van der Waals surface area contributed by atoms with E-state index in [0.717, 1.165) is 5.56 Å². The zero-order chi connectivity index (χ0) is 22.4. The van der Waals surface area contributed by atoms with E-state index in [1.807, 2.05) is 30.3 Å². The monoisotopic (exact) mass is 421 g/mol. The third-order valence-corrected chi connectivity index (χ3v) is 4.77. The van der Waals surface area contributed by atoms with Crippen molar-refractivity contribution in [3.8, 4) is 0 Å². The Hall–Kier alpha value is -3.75. The van der Waals surface area contributed by atoms with Crippen molar-refractivity contribution in [1.82, 2.24) is 5.01 Å². The van der Waals surface area contributed by atoms with Gasteiger partial charge in [0.15, 0.2) is 5.72 Å². The Labute approximate surface area is 179 Å². The van der Waals surface area contributed by atoms with Crippen LogP contribution in [0.2, 0.25) is 0 Å². The topological polar surface area (TPSA) is 116 Å². The van der Waals surface area contributed by atoms with Gasteiger partial charge in [-0.3, -0.25) is 20.3 Å². The molecule has 0 aromatic heterocycles. The van der Waals surface area contributed by atoms with Crippen LogP contribution < -0.4 is 5.43 Å². The fourth-order valence-electron chi connectivity index (χ4n) is 3.41. The van der Waals surface area contributed by atoms with E-state index in [9.17, 15) is 20.0 Å². The molecule has 0 bridgehead atoms. The molecule has 3 aromatic rings. The molecule has 0 saturated heterocycles. The Kier molecular flexibility index (Phi) is 6.64. The fourth-order valence-corrected chi connectivity index (χ4v) is 3.41. The van der Waals surface area contributed by atoms with Crippen LogP contribution >= 0.6 is 0 Å². The van der Waals surface area contributed by atoms with Crippen LogP contribution in [-0.2, 0) is 12.1 Å². The Morgan fingerprint density at radius 2 is 1.58 bits per heavy atom. The van der Waals surface area contributed by atoms with Crippen LogP contribution in [0.1, 0.15) is 28.4 Å². The minimum atomic E-state index is -1.60. The molecule has 0 spiro atoms. The molecule has 4 rings (SSSR count). The molecule has 1 amide bonds. The second kappa shape index (κ2) is 9.38. The zero-order valence-electron chi connectivity index (χ0n) is 16.9. The number of hydrogen-bond acceptors (Lipinski definition) is 6. The average Bonchev–Trinajstić information content (AvgIpc) is 2.97. The molecule has 160 valence electrons. The molecule has 8 heteroatoms. The minimum Gasteiger partial charge on any atom is -0.397 e. The van der Waals surface area contributed by atoms with Gasteiger partial charge in [0.2, 0.25) is 0 Å². The summed E-state index contributed by atoms with van der Waals surface area (Å²) >= 11 is 0. The predicted molar refractivity (Wildman–Crippen MR) is 116 cm³/mol.